The summed E-state index contributed by atoms with van der Waals surface area (Å²) in [5.41, 5.74) is 15.3. The van der Waals surface area contributed by atoms with Gasteiger partial charge >= 0.3 is 0 Å². The number of para-hydroxylation sites is 6. The number of benzene rings is 10. The molecule has 0 unspecified atom stereocenters. The van der Waals surface area contributed by atoms with Gasteiger partial charge < -0.3 is 18.3 Å². The molecule has 10 aromatic carbocycles. The summed E-state index contributed by atoms with van der Waals surface area (Å²) in [4.78, 5) is 0. The molecule has 0 saturated heterocycles. The van der Waals surface area contributed by atoms with Crippen LogP contribution in [0.25, 0.3) is 121 Å². The van der Waals surface area contributed by atoms with Crippen molar-refractivity contribution in [3.8, 4) is 39.9 Å². The van der Waals surface area contributed by atoms with E-state index in [9.17, 15) is 5.26 Å². The molecule has 14 rings (SSSR count). The predicted octanol–water partition coefficient (Wildman–Crippen LogP) is 15.6. The highest BCUT2D eigenvalue weighted by Crippen LogP contribution is 2.46. The number of fused-ring (bicyclic) bond motifs is 14. The molecule has 4 aromatic heterocycles. The van der Waals surface area contributed by atoms with Crippen LogP contribution in [-0.2, 0) is 0 Å². The van der Waals surface area contributed by atoms with Gasteiger partial charge in [0, 0.05) is 54.5 Å². The van der Waals surface area contributed by atoms with Crippen molar-refractivity contribution >= 4 is 87.2 Å². The number of hydrogen-bond acceptors (Lipinski definition) is 1. The maximum Gasteiger partial charge on any atom is 0.104 e. The van der Waals surface area contributed by atoms with E-state index in [0.717, 1.165) is 110 Å². The van der Waals surface area contributed by atoms with E-state index in [1.165, 1.54) is 10.8 Å². The van der Waals surface area contributed by atoms with Crippen molar-refractivity contribution in [2.24, 2.45) is 0 Å². The Morgan fingerprint density at radius 1 is 0.288 bits per heavy atom. The van der Waals surface area contributed by atoms with Crippen LogP contribution in [0.3, 0.4) is 0 Å². The second-order valence-corrected chi connectivity index (χ2v) is 17.2. The molecular formula is C61H37N5. The van der Waals surface area contributed by atoms with Crippen LogP contribution in [0, 0.1) is 11.3 Å². The highest BCUT2D eigenvalue weighted by Gasteiger charge is 2.27. The van der Waals surface area contributed by atoms with E-state index in [4.69, 9.17) is 0 Å². The van der Waals surface area contributed by atoms with Gasteiger partial charge in [-0.25, -0.2) is 0 Å². The third-order valence-corrected chi connectivity index (χ3v) is 13.8. The maximum atomic E-state index is 11.9. The predicted molar refractivity (Wildman–Crippen MR) is 274 cm³/mol. The Morgan fingerprint density at radius 2 is 0.682 bits per heavy atom. The van der Waals surface area contributed by atoms with Gasteiger partial charge in [0.05, 0.1) is 55.5 Å². The zero-order valence-corrected chi connectivity index (χ0v) is 35.6. The molecule has 5 heteroatoms. The van der Waals surface area contributed by atoms with Crippen molar-refractivity contribution in [2.75, 3.05) is 0 Å². The first-order valence-electron chi connectivity index (χ1n) is 22.4. The van der Waals surface area contributed by atoms with Gasteiger partial charge in [-0.1, -0.05) is 152 Å². The summed E-state index contributed by atoms with van der Waals surface area (Å²) in [6, 6.07) is 83.0. The SMILES string of the molecule is N#Cc1c(-n2c3ccccc3c3c2ccc2c4ccccc4n(-c4ccccc4)c23)cc(-c2ccccc2)cc1-n1c2ccccc2c2ccc3c(c4ccccc4n3-c3ccccc3)c21. The van der Waals surface area contributed by atoms with E-state index in [2.05, 4.69) is 249 Å². The zero-order valence-electron chi connectivity index (χ0n) is 35.6. The minimum Gasteiger partial charge on any atom is -0.309 e. The van der Waals surface area contributed by atoms with Crippen LogP contribution >= 0.6 is 0 Å². The van der Waals surface area contributed by atoms with Gasteiger partial charge in [-0.05, 0) is 83.9 Å². The molecule has 0 radical (unpaired) electrons. The van der Waals surface area contributed by atoms with Gasteiger partial charge in [-0.2, -0.15) is 5.26 Å². The summed E-state index contributed by atoms with van der Waals surface area (Å²) in [7, 11) is 0. The lowest BCUT2D eigenvalue weighted by Gasteiger charge is -2.19. The Labute approximate surface area is 379 Å². The minimum absolute atomic E-state index is 0.590. The van der Waals surface area contributed by atoms with Crippen LogP contribution in [-0.4, -0.2) is 18.3 Å². The first-order valence-corrected chi connectivity index (χ1v) is 22.4. The highest BCUT2D eigenvalue weighted by atomic mass is 15.0. The lowest BCUT2D eigenvalue weighted by Crippen LogP contribution is -2.05. The number of nitrogens with zero attached hydrogens (tertiary/aromatic N) is 5. The maximum absolute atomic E-state index is 11.9. The van der Waals surface area contributed by atoms with E-state index in [1.807, 2.05) is 0 Å². The van der Waals surface area contributed by atoms with Crippen molar-refractivity contribution in [2.45, 2.75) is 0 Å². The average Bonchev–Trinajstić information content (AvgIpc) is 4.11. The van der Waals surface area contributed by atoms with Crippen molar-refractivity contribution < 1.29 is 0 Å². The van der Waals surface area contributed by atoms with E-state index < -0.39 is 0 Å². The molecule has 0 spiro atoms. The fourth-order valence-electron chi connectivity index (χ4n) is 11.1. The topological polar surface area (TPSA) is 43.5 Å². The summed E-state index contributed by atoms with van der Waals surface area (Å²) < 4.78 is 9.51. The van der Waals surface area contributed by atoms with Crippen molar-refractivity contribution in [3.63, 3.8) is 0 Å². The molecule has 306 valence electrons. The molecule has 0 saturated carbocycles. The van der Waals surface area contributed by atoms with E-state index >= 15 is 0 Å². The number of aromatic nitrogens is 4. The Hall–Kier alpha value is -9.11. The fourth-order valence-corrected chi connectivity index (χ4v) is 11.1. The van der Waals surface area contributed by atoms with Crippen LogP contribution in [0.5, 0.6) is 0 Å². The van der Waals surface area contributed by atoms with Gasteiger partial charge in [0.15, 0.2) is 0 Å². The number of nitriles is 1. The lowest BCUT2D eigenvalue weighted by atomic mass is 9.99. The fraction of sp³-hybridized carbons (Fsp3) is 0. The zero-order chi connectivity index (χ0) is 43.5. The van der Waals surface area contributed by atoms with Gasteiger partial charge in [-0.15, -0.1) is 0 Å². The van der Waals surface area contributed by atoms with E-state index in [1.54, 1.807) is 0 Å². The monoisotopic (exact) mass is 839 g/mol. The largest absolute Gasteiger partial charge is 0.309 e. The molecule has 14 aromatic rings. The Morgan fingerprint density at radius 3 is 1.23 bits per heavy atom. The van der Waals surface area contributed by atoms with Crippen LogP contribution in [0.15, 0.2) is 224 Å². The molecular weight excluding hydrogens is 803 g/mol. The van der Waals surface area contributed by atoms with Gasteiger partial charge in [0.2, 0.25) is 0 Å². The van der Waals surface area contributed by atoms with Crippen molar-refractivity contribution in [1.82, 2.24) is 18.3 Å². The molecule has 0 bridgehead atoms. The normalized spacial score (nSPS) is 11.9. The van der Waals surface area contributed by atoms with Crippen LogP contribution in [0.1, 0.15) is 5.56 Å². The van der Waals surface area contributed by atoms with Gasteiger partial charge in [0.1, 0.15) is 11.6 Å². The molecule has 0 N–H and O–H groups in total. The second-order valence-electron chi connectivity index (χ2n) is 17.2. The molecule has 0 aliphatic heterocycles. The van der Waals surface area contributed by atoms with Crippen molar-refractivity contribution in [1.29, 1.82) is 5.26 Å². The standard InChI is InChI=1S/C61H37N5/c62-38-49-56(65-53-31-17-13-27-48(53)59-55(65)35-33-45-43-24-10-14-28-50(43)64(60(45)59)42-22-8-3-9-23-42)36-40(39-18-4-1-5-19-39)37-57(49)66-51-29-15-11-25-44(51)46-32-34-54-58(61(46)66)47-26-12-16-30-52(47)63(54)41-20-6-2-7-21-41/h1-37H. The molecule has 0 amide bonds. The molecule has 0 fully saturated rings. The first-order chi connectivity index (χ1) is 32.8. The van der Waals surface area contributed by atoms with Crippen LogP contribution < -0.4 is 0 Å². The molecule has 4 heterocycles. The van der Waals surface area contributed by atoms with Crippen LogP contribution in [0.2, 0.25) is 0 Å². The van der Waals surface area contributed by atoms with E-state index in [-0.39, 0.29) is 0 Å². The Bertz CT molecular complexity index is 4330. The Kier molecular flexibility index (Phi) is 7.69. The molecule has 0 aliphatic carbocycles. The summed E-state index contributed by atoms with van der Waals surface area (Å²) in [5.74, 6) is 0. The van der Waals surface area contributed by atoms with Crippen molar-refractivity contribution in [3.05, 3.63) is 230 Å². The summed E-state index contributed by atoms with van der Waals surface area (Å²) in [6.07, 6.45) is 0. The molecule has 66 heavy (non-hydrogen) atoms. The summed E-state index contributed by atoms with van der Waals surface area (Å²) >= 11 is 0. The quantitative estimate of drug-likeness (QED) is 0.170. The number of rotatable bonds is 5. The number of hydrogen-bond donors (Lipinski definition) is 0. The van der Waals surface area contributed by atoms with Gasteiger partial charge in [0.25, 0.3) is 0 Å². The molecule has 5 nitrogen and oxygen atoms in total. The summed E-state index contributed by atoms with van der Waals surface area (Å²) in [6.45, 7) is 0. The third kappa shape index (κ3) is 4.98. The van der Waals surface area contributed by atoms with Gasteiger partial charge in [-0.3, -0.25) is 0 Å². The highest BCUT2D eigenvalue weighted by molar-refractivity contribution is 6.28. The average molecular weight is 840 g/mol. The van der Waals surface area contributed by atoms with E-state index in [0.29, 0.717) is 5.56 Å². The molecule has 0 atom stereocenters. The first kappa shape index (κ1) is 36.4. The second kappa shape index (κ2) is 13.9. The lowest BCUT2D eigenvalue weighted by molar-refractivity contribution is 1.12. The van der Waals surface area contributed by atoms with Crippen LogP contribution in [0.4, 0.5) is 0 Å². The summed E-state index contributed by atoms with van der Waals surface area (Å²) in [5, 5.41) is 21.1. The minimum atomic E-state index is 0.590. The molecule has 0 aliphatic rings. The third-order valence-electron chi connectivity index (χ3n) is 13.8. The Balaban J connectivity index is 1.16. The smallest absolute Gasteiger partial charge is 0.104 e.